The lowest BCUT2D eigenvalue weighted by Gasteiger charge is -2.32. The number of nitrogens with zero attached hydrogens (tertiary/aromatic N) is 5. The van der Waals surface area contributed by atoms with Crippen LogP contribution in [-0.2, 0) is 4.79 Å². The third-order valence-electron chi connectivity index (χ3n) is 7.11. The van der Waals surface area contributed by atoms with Crippen LogP contribution in [0.1, 0.15) is 12.8 Å². The van der Waals surface area contributed by atoms with E-state index in [4.69, 9.17) is 15.2 Å². The number of carbonyl (C=O) groups excluding carboxylic acids is 1. The number of methoxy groups -OCH3 is 1. The second-order valence-electron chi connectivity index (χ2n) is 10.1. The van der Waals surface area contributed by atoms with Crippen molar-refractivity contribution in [3.63, 3.8) is 0 Å². The van der Waals surface area contributed by atoms with Crippen molar-refractivity contribution in [2.45, 2.75) is 18.9 Å². The van der Waals surface area contributed by atoms with E-state index in [0.29, 0.717) is 47.1 Å². The van der Waals surface area contributed by atoms with Gasteiger partial charge in [0.2, 0.25) is 5.91 Å². The van der Waals surface area contributed by atoms with Gasteiger partial charge in [-0.15, -0.1) is 0 Å². The van der Waals surface area contributed by atoms with Crippen molar-refractivity contribution in [1.82, 2.24) is 25.2 Å². The Labute approximate surface area is 259 Å². The quantitative estimate of drug-likeness (QED) is 0.103. The van der Waals surface area contributed by atoms with Gasteiger partial charge in [0.15, 0.2) is 5.82 Å². The molecule has 0 spiro atoms. The van der Waals surface area contributed by atoms with Gasteiger partial charge in [-0.1, -0.05) is 6.58 Å². The number of halogens is 1. The third kappa shape index (κ3) is 7.63. The summed E-state index contributed by atoms with van der Waals surface area (Å²) in [5, 5.41) is 10.1. The first kappa shape index (κ1) is 30.7. The molecule has 5 N–H and O–H groups in total. The summed E-state index contributed by atoms with van der Waals surface area (Å²) in [5.74, 6) is 1.75. The molecular formula is C32H34FN9O3. The molecule has 1 amide bonds. The molecule has 232 valence electrons. The van der Waals surface area contributed by atoms with E-state index in [1.165, 1.54) is 24.7 Å². The van der Waals surface area contributed by atoms with E-state index >= 15 is 4.39 Å². The molecule has 0 aliphatic carbocycles. The number of carbonyl (C=O) groups is 1. The zero-order valence-electron chi connectivity index (χ0n) is 25.0. The molecular weight excluding hydrogens is 577 g/mol. The number of hydrogen-bond acceptors (Lipinski definition) is 10. The van der Waals surface area contributed by atoms with Gasteiger partial charge in [-0.25, -0.2) is 24.3 Å². The summed E-state index contributed by atoms with van der Waals surface area (Å²) in [6.45, 7) is 4.84. The van der Waals surface area contributed by atoms with Gasteiger partial charge < -0.3 is 36.1 Å². The van der Waals surface area contributed by atoms with Crippen molar-refractivity contribution in [3.8, 4) is 17.2 Å². The molecule has 0 atom stereocenters. The Morgan fingerprint density at radius 1 is 1.11 bits per heavy atom. The Morgan fingerprint density at radius 2 is 1.91 bits per heavy atom. The molecule has 12 nitrogen and oxygen atoms in total. The summed E-state index contributed by atoms with van der Waals surface area (Å²) in [5.41, 5.74) is 7.45. The number of fused-ring (bicyclic) bond motifs is 1. The Hall–Kier alpha value is -5.72. The average molecular weight is 612 g/mol. The van der Waals surface area contributed by atoms with Crippen LogP contribution in [0.15, 0.2) is 84.9 Å². The zero-order chi connectivity index (χ0) is 31.8. The van der Waals surface area contributed by atoms with Gasteiger partial charge in [0.1, 0.15) is 41.0 Å². The number of nitrogens with two attached hydrogens (primary N) is 1. The minimum atomic E-state index is -0.541. The summed E-state index contributed by atoms with van der Waals surface area (Å²) < 4.78 is 26.8. The van der Waals surface area contributed by atoms with Gasteiger partial charge in [-0.05, 0) is 55.5 Å². The maximum atomic E-state index is 15.3. The summed E-state index contributed by atoms with van der Waals surface area (Å²) in [7, 11) is 3.34. The smallest absolute Gasteiger partial charge is 0.245 e. The van der Waals surface area contributed by atoms with E-state index in [2.05, 4.69) is 42.5 Å². The van der Waals surface area contributed by atoms with E-state index in [1.807, 2.05) is 12.1 Å². The number of ether oxygens (including phenoxy) is 2. The zero-order valence-corrected chi connectivity index (χ0v) is 25.0. The number of nitrogens with one attached hydrogen (secondary N) is 3. The number of likely N-dealkylation sites (tertiary alicyclic amines) is 1. The van der Waals surface area contributed by atoms with Crippen molar-refractivity contribution in [1.29, 1.82) is 0 Å². The number of aliphatic imine (C=N–C) groups is 1. The van der Waals surface area contributed by atoms with Crippen molar-refractivity contribution in [2.24, 2.45) is 10.7 Å². The summed E-state index contributed by atoms with van der Waals surface area (Å²) >= 11 is 0. The van der Waals surface area contributed by atoms with Gasteiger partial charge >= 0.3 is 0 Å². The van der Waals surface area contributed by atoms with Crippen LogP contribution in [0.3, 0.4) is 0 Å². The first-order valence-electron chi connectivity index (χ1n) is 14.3. The van der Waals surface area contributed by atoms with Crippen molar-refractivity contribution >= 4 is 45.7 Å². The summed E-state index contributed by atoms with van der Waals surface area (Å²) in [6.07, 6.45) is 9.07. The highest BCUT2D eigenvalue weighted by Gasteiger charge is 2.23. The molecule has 1 saturated heterocycles. The first-order chi connectivity index (χ1) is 21.9. The fourth-order valence-electron chi connectivity index (χ4n) is 4.85. The minimum Gasteiger partial charge on any atom is -0.495 e. The molecule has 5 rings (SSSR count). The fraction of sp³-hybridized carbons (Fsp3) is 0.219. The fourth-order valence-corrected chi connectivity index (χ4v) is 4.85. The molecule has 2 aromatic heterocycles. The second kappa shape index (κ2) is 14.2. The number of aromatic nitrogens is 3. The molecule has 0 bridgehead atoms. The van der Waals surface area contributed by atoms with E-state index in [0.717, 1.165) is 18.5 Å². The lowest BCUT2D eigenvalue weighted by atomic mass is 10.0. The number of amides is 1. The van der Waals surface area contributed by atoms with Crippen LogP contribution < -0.4 is 31.2 Å². The summed E-state index contributed by atoms with van der Waals surface area (Å²) in [4.78, 5) is 30.9. The van der Waals surface area contributed by atoms with Crippen LogP contribution >= 0.6 is 0 Å². The predicted molar refractivity (Wildman–Crippen MR) is 173 cm³/mol. The van der Waals surface area contributed by atoms with Gasteiger partial charge in [0.05, 0.1) is 24.0 Å². The van der Waals surface area contributed by atoms with E-state index < -0.39 is 5.82 Å². The molecule has 3 heterocycles. The average Bonchev–Trinajstić information content (AvgIpc) is 3.05. The molecule has 1 aliphatic heterocycles. The summed E-state index contributed by atoms with van der Waals surface area (Å²) in [6, 6.07) is 11.6. The van der Waals surface area contributed by atoms with Crippen LogP contribution in [0, 0.1) is 5.82 Å². The number of rotatable bonds is 11. The highest BCUT2D eigenvalue weighted by molar-refractivity contribution is 5.95. The van der Waals surface area contributed by atoms with Crippen LogP contribution in [0.4, 0.5) is 27.4 Å². The molecule has 0 saturated carbocycles. The molecule has 4 aromatic rings. The van der Waals surface area contributed by atoms with Crippen LogP contribution in [0.25, 0.3) is 10.9 Å². The van der Waals surface area contributed by atoms with E-state index in [1.54, 1.807) is 55.6 Å². The predicted octanol–water partition coefficient (Wildman–Crippen LogP) is 5.02. The van der Waals surface area contributed by atoms with Crippen LogP contribution in [0.2, 0.25) is 0 Å². The molecule has 13 heteroatoms. The number of benzene rings is 2. The monoisotopic (exact) mass is 611 g/mol. The van der Waals surface area contributed by atoms with Crippen LogP contribution in [-0.4, -0.2) is 64.9 Å². The van der Waals surface area contributed by atoms with Gasteiger partial charge in [-0.3, -0.25) is 4.79 Å². The number of amidine groups is 1. The Morgan fingerprint density at radius 3 is 2.64 bits per heavy atom. The van der Waals surface area contributed by atoms with Gasteiger partial charge in [0.25, 0.3) is 0 Å². The van der Waals surface area contributed by atoms with E-state index in [9.17, 15) is 4.79 Å². The second-order valence-corrected chi connectivity index (χ2v) is 10.1. The lowest BCUT2D eigenvalue weighted by Crippen LogP contribution is -2.41. The standard InChI is InChI=1S/C32H34FN9O3/c1-4-31(43)42-13-9-20(10-14-42)39-27-17-23-26(18-28(27)44-3)37-19-38-32(23)40-25-6-5-21(15-24(25)33)45-22-7-12-36-30(16-22)41-29(34)8-11-35-2/h4-8,11-12,15-20,35,39H,1,9-10,13-14H2,2-3H3,(H2,34,36,41)(H,37,38,40)/b11-8-. The molecule has 0 unspecified atom stereocenters. The highest BCUT2D eigenvalue weighted by atomic mass is 19.1. The SMILES string of the molecule is C=CC(=O)N1CCC(Nc2cc3c(Nc4ccc(Oc5ccnc(N=C(N)/C=C\NC)c5)cc4F)ncnc3cc2OC)CC1. The number of pyridine rings is 1. The number of piperidine rings is 1. The minimum absolute atomic E-state index is 0.0626. The number of anilines is 3. The van der Waals surface area contributed by atoms with E-state index in [-0.39, 0.29) is 29.2 Å². The maximum absolute atomic E-state index is 15.3. The Kier molecular flexibility index (Phi) is 9.67. The maximum Gasteiger partial charge on any atom is 0.245 e. The largest absolute Gasteiger partial charge is 0.495 e. The highest BCUT2D eigenvalue weighted by Crippen LogP contribution is 2.35. The molecule has 2 aromatic carbocycles. The Balaban J connectivity index is 1.32. The van der Waals surface area contributed by atoms with Crippen LogP contribution in [0.5, 0.6) is 17.2 Å². The van der Waals surface area contributed by atoms with Crippen molar-refractivity contribution in [3.05, 3.63) is 85.7 Å². The molecule has 1 aliphatic rings. The van der Waals surface area contributed by atoms with Crippen molar-refractivity contribution < 1.29 is 18.7 Å². The molecule has 45 heavy (non-hydrogen) atoms. The normalized spacial score (nSPS) is 13.9. The van der Waals surface area contributed by atoms with Crippen molar-refractivity contribution in [2.75, 3.05) is 37.9 Å². The topological polar surface area (TPSA) is 152 Å². The third-order valence-corrected chi connectivity index (χ3v) is 7.11. The first-order valence-corrected chi connectivity index (χ1v) is 14.3. The lowest BCUT2D eigenvalue weighted by molar-refractivity contribution is -0.126. The number of hydrogen-bond donors (Lipinski definition) is 4. The molecule has 0 radical (unpaired) electrons. The van der Waals surface area contributed by atoms with Gasteiger partial charge in [-0.2, -0.15) is 0 Å². The molecule has 1 fully saturated rings. The Bertz CT molecular complexity index is 1750. The van der Waals surface area contributed by atoms with Gasteiger partial charge in [0, 0.05) is 56.0 Å².